The summed E-state index contributed by atoms with van der Waals surface area (Å²) in [5.74, 6) is -0.374. The van der Waals surface area contributed by atoms with Crippen LogP contribution in [0.4, 0.5) is 5.13 Å². The van der Waals surface area contributed by atoms with E-state index >= 15 is 0 Å². The largest absolute Gasteiger partial charge is 0.298 e. The number of nitrogens with one attached hydrogen (secondary N) is 1. The molecular weight excluding hydrogens is 402 g/mol. The van der Waals surface area contributed by atoms with Crippen LogP contribution in [0.15, 0.2) is 52.1 Å². The summed E-state index contributed by atoms with van der Waals surface area (Å²) in [7, 11) is -3.55. The highest BCUT2D eigenvalue weighted by Crippen LogP contribution is 2.28. The van der Waals surface area contributed by atoms with Crippen LogP contribution in [0.2, 0.25) is 0 Å². The third-order valence-electron chi connectivity index (χ3n) is 4.30. The number of benzene rings is 1. The molecule has 0 aliphatic carbocycles. The molecule has 6 nitrogen and oxygen atoms in total. The molecule has 27 heavy (non-hydrogen) atoms. The minimum atomic E-state index is -3.55. The molecule has 1 aliphatic heterocycles. The van der Waals surface area contributed by atoms with E-state index in [-0.39, 0.29) is 10.8 Å². The lowest BCUT2D eigenvalue weighted by Crippen LogP contribution is -2.28. The molecule has 1 saturated heterocycles. The molecule has 140 valence electrons. The molecule has 0 atom stereocenters. The molecule has 1 aromatic carbocycles. The van der Waals surface area contributed by atoms with Gasteiger partial charge in [-0.3, -0.25) is 10.1 Å². The summed E-state index contributed by atoms with van der Waals surface area (Å²) in [6.07, 6.45) is 1.74. The standard InChI is InChI=1S/C18H17N3O3S3/c22-17(20-18-19-15(12-26-18)16-7-4-10-25-16)13-5-3-6-14(11-13)27(23,24)21-8-1-2-9-21/h3-7,10-12H,1-2,8-9H2,(H,19,20,22). The maximum atomic E-state index is 12.7. The smallest absolute Gasteiger partial charge is 0.257 e. The van der Waals surface area contributed by atoms with E-state index in [0.717, 1.165) is 23.4 Å². The summed E-state index contributed by atoms with van der Waals surface area (Å²) in [5, 5.41) is 7.09. The topological polar surface area (TPSA) is 79.4 Å². The molecule has 4 rings (SSSR count). The van der Waals surface area contributed by atoms with Gasteiger partial charge in [0.2, 0.25) is 10.0 Å². The molecule has 9 heteroatoms. The van der Waals surface area contributed by atoms with Crippen LogP contribution in [0.1, 0.15) is 23.2 Å². The van der Waals surface area contributed by atoms with Crippen LogP contribution in [0.25, 0.3) is 10.6 Å². The molecule has 1 aliphatic rings. The fraction of sp³-hybridized carbons (Fsp3) is 0.222. The molecule has 2 aromatic heterocycles. The molecule has 0 saturated carbocycles. The summed E-state index contributed by atoms with van der Waals surface area (Å²) in [4.78, 5) is 18.2. The number of carbonyl (C=O) groups excluding carboxylic acids is 1. The number of rotatable bonds is 5. The lowest BCUT2D eigenvalue weighted by atomic mass is 10.2. The van der Waals surface area contributed by atoms with Crippen LogP contribution in [0, 0.1) is 0 Å². The lowest BCUT2D eigenvalue weighted by molar-refractivity contribution is 0.102. The minimum Gasteiger partial charge on any atom is -0.298 e. The van der Waals surface area contributed by atoms with Gasteiger partial charge in [-0.1, -0.05) is 12.1 Å². The molecule has 0 spiro atoms. The lowest BCUT2D eigenvalue weighted by Gasteiger charge is -2.15. The molecule has 0 radical (unpaired) electrons. The zero-order valence-electron chi connectivity index (χ0n) is 14.3. The maximum absolute atomic E-state index is 12.7. The zero-order chi connectivity index (χ0) is 18.9. The van der Waals surface area contributed by atoms with Gasteiger partial charge in [-0.2, -0.15) is 4.31 Å². The van der Waals surface area contributed by atoms with E-state index in [1.54, 1.807) is 23.5 Å². The normalized spacial score (nSPS) is 15.1. The molecular formula is C18H17N3O3S3. The minimum absolute atomic E-state index is 0.149. The quantitative estimate of drug-likeness (QED) is 0.680. The summed E-state index contributed by atoms with van der Waals surface area (Å²) in [5.41, 5.74) is 1.11. The van der Waals surface area contributed by atoms with Gasteiger partial charge in [0.15, 0.2) is 5.13 Å². The third-order valence-corrected chi connectivity index (χ3v) is 7.84. The van der Waals surface area contributed by atoms with Crippen molar-refractivity contribution in [1.29, 1.82) is 0 Å². The Balaban J connectivity index is 1.53. The summed E-state index contributed by atoms with van der Waals surface area (Å²) >= 11 is 2.92. The van der Waals surface area contributed by atoms with Crippen molar-refractivity contribution >= 4 is 43.7 Å². The van der Waals surface area contributed by atoms with E-state index in [2.05, 4.69) is 10.3 Å². The van der Waals surface area contributed by atoms with E-state index in [4.69, 9.17) is 0 Å². The van der Waals surface area contributed by atoms with Crippen LogP contribution in [-0.4, -0.2) is 36.7 Å². The number of carbonyl (C=O) groups is 1. The Morgan fingerprint density at radius 1 is 1.11 bits per heavy atom. The predicted octanol–water partition coefficient (Wildman–Crippen LogP) is 3.91. The second-order valence-electron chi connectivity index (χ2n) is 6.11. The molecule has 1 amide bonds. The SMILES string of the molecule is O=C(Nc1nc(-c2cccs2)cs1)c1cccc(S(=O)(=O)N2CCCC2)c1. The number of anilines is 1. The molecule has 3 aromatic rings. The van der Waals surface area contributed by atoms with Gasteiger partial charge in [-0.15, -0.1) is 22.7 Å². The predicted molar refractivity (Wildman–Crippen MR) is 108 cm³/mol. The fourth-order valence-electron chi connectivity index (χ4n) is 2.91. The molecule has 1 fully saturated rings. The van der Waals surface area contributed by atoms with Crippen LogP contribution in [0.3, 0.4) is 0 Å². The Morgan fingerprint density at radius 3 is 2.67 bits per heavy atom. The van der Waals surface area contributed by atoms with Gasteiger partial charge in [-0.05, 0) is 42.5 Å². The number of thiazole rings is 1. The first-order valence-electron chi connectivity index (χ1n) is 8.45. The number of hydrogen-bond donors (Lipinski definition) is 1. The Kier molecular flexibility index (Phi) is 5.09. The van der Waals surface area contributed by atoms with Crippen LogP contribution >= 0.6 is 22.7 Å². The van der Waals surface area contributed by atoms with Crippen molar-refractivity contribution in [2.45, 2.75) is 17.7 Å². The highest BCUT2D eigenvalue weighted by molar-refractivity contribution is 7.89. The van der Waals surface area contributed by atoms with Crippen molar-refractivity contribution in [2.75, 3.05) is 18.4 Å². The van der Waals surface area contributed by atoms with Crippen molar-refractivity contribution in [3.05, 3.63) is 52.7 Å². The Bertz CT molecular complexity index is 1050. The van der Waals surface area contributed by atoms with E-state index in [0.29, 0.717) is 23.8 Å². The Morgan fingerprint density at radius 2 is 1.93 bits per heavy atom. The third kappa shape index (κ3) is 3.81. The molecule has 1 N–H and O–H groups in total. The highest BCUT2D eigenvalue weighted by atomic mass is 32.2. The monoisotopic (exact) mass is 419 g/mol. The van der Waals surface area contributed by atoms with Gasteiger partial charge in [0, 0.05) is 24.0 Å². The van der Waals surface area contributed by atoms with Crippen molar-refractivity contribution in [3.63, 3.8) is 0 Å². The van der Waals surface area contributed by atoms with E-state index in [1.165, 1.54) is 27.8 Å². The van der Waals surface area contributed by atoms with Gasteiger partial charge in [0.25, 0.3) is 5.91 Å². The van der Waals surface area contributed by atoms with Gasteiger partial charge in [-0.25, -0.2) is 13.4 Å². The number of amides is 1. The highest BCUT2D eigenvalue weighted by Gasteiger charge is 2.27. The second-order valence-corrected chi connectivity index (χ2v) is 9.85. The van der Waals surface area contributed by atoms with Crippen molar-refractivity contribution in [1.82, 2.24) is 9.29 Å². The van der Waals surface area contributed by atoms with Crippen molar-refractivity contribution in [3.8, 4) is 10.6 Å². The van der Waals surface area contributed by atoms with Gasteiger partial charge < -0.3 is 0 Å². The Labute approximate surface area is 165 Å². The van der Waals surface area contributed by atoms with E-state index in [9.17, 15) is 13.2 Å². The maximum Gasteiger partial charge on any atom is 0.257 e. The number of sulfonamides is 1. The summed E-state index contributed by atoms with van der Waals surface area (Å²) < 4.78 is 26.8. The second kappa shape index (κ2) is 7.51. The van der Waals surface area contributed by atoms with Gasteiger partial charge in [0.05, 0.1) is 15.5 Å². The first-order valence-corrected chi connectivity index (χ1v) is 11.6. The summed E-state index contributed by atoms with van der Waals surface area (Å²) in [6.45, 7) is 1.06. The van der Waals surface area contributed by atoms with Crippen molar-refractivity contribution < 1.29 is 13.2 Å². The fourth-order valence-corrected chi connectivity index (χ4v) is 5.94. The average Bonchev–Trinajstić information content (AvgIpc) is 3.42. The number of thiophene rings is 1. The Hall–Kier alpha value is -2.07. The summed E-state index contributed by atoms with van der Waals surface area (Å²) in [6, 6.07) is 10.1. The molecule has 0 bridgehead atoms. The molecule has 3 heterocycles. The number of aromatic nitrogens is 1. The van der Waals surface area contributed by atoms with Crippen molar-refractivity contribution in [2.24, 2.45) is 0 Å². The first kappa shape index (κ1) is 18.3. The first-order chi connectivity index (χ1) is 13.0. The van der Waals surface area contributed by atoms with Crippen LogP contribution < -0.4 is 5.32 Å². The number of hydrogen-bond acceptors (Lipinski definition) is 6. The van der Waals surface area contributed by atoms with Gasteiger partial charge in [0.1, 0.15) is 0 Å². The molecule has 0 unspecified atom stereocenters. The van der Waals surface area contributed by atoms with Crippen LogP contribution in [0.5, 0.6) is 0 Å². The van der Waals surface area contributed by atoms with Crippen LogP contribution in [-0.2, 0) is 10.0 Å². The van der Waals surface area contributed by atoms with E-state index < -0.39 is 10.0 Å². The average molecular weight is 420 g/mol. The van der Waals surface area contributed by atoms with Gasteiger partial charge >= 0.3 is 0 Å². The zero-order valence-corrected chi connectivity index (χ0v) is 16.7. The van der Waals surface area contributed by atoms with E-state index in [1.807, 2.05) is 22.9 Å². The number of nitrogens with zero attached hydrogens (tertiary/aromatic N) is 2.